The monoisotopic (exact) mass is 592 g/mol. The van der Waals surface area contributed by atoms with E-state index in [1.165, 1.54) is 6.33 Å². The second-order valence-corrected chi connectivity index (χ2v) is 10.2. The molecule has 0 unspecified atom stereocenters. The van der Waals surface area contributed by atoms with Crippen LogP contribution in [0, 0.1) is 12.3 Å². The number of hydrogen-bond donors (Lipinski definition) is 1. The van der Waals surface area contributed by atoms with Gasteiger partial charge in [0, 0.05) is 0 Å². The number of methoxy groups -OCH3 is 2. The molecule has 44 heavy (non-hydrogen) atoms. The topological polar surface area (TPSA) is 110 Å². The van der Waals surface area contributed by atoms with Gasteiger partial charge in [0.2, 0.25) is 0 Å². The number of aliphatic hydroxyl groups is 1. The van der Waals surface area contributed by atoms with Crippen LogP contribution in [0.15, 0.2) is 97.7 Å². The van der Waals surface area contributed by atoms with E-state index in [1.807, 2.05) is 78.9 Å². The molecule has 2 aromatic heterocycles. The lowest BCUT2D eigenvalue weighted by molar-refractivity contribution is -0.0953. The predicted molar refractivity (Wildman–Crippen MR) is 162 cm³/mol. The van der Waals surface area contributed by atoms with E-state index < -0.39 is 30.1 Å². The minimum absolute atomic E-state index is 0.00213. The third-order valence-corrected chi connectivity index (χ3v) is 7.82. The number of nitrogens with zero attached hydrogens (tertiary/aromatic N) is 4. The van der Waals surface area contributed by atoms with Gasteiger partial charge in [0.25, 0.3) is 0 Å². The van der Waals surface area contributed by atoms with Crippen LogP contribution in [-0.4, -0.2) is 70.4 Å². The summed E-state index contributed by atoms with van der Waals surface area (Å²) in [5, 5.41) is 11.6. The van der Waals surface area contributed by atoms with Crippen molar-refractivity contribution in [2.24, 2.45) is 0 Å². The zero-order chi connectivity index (χ0) is 30.5. The Morgan fingerprint density at radius 1 is 0.909 bits per heavy atom. The molecule has 0 bridgehead atoms. The van der Waals surface area contributed by atoms with Crippen molar-refractivity contribution in [3.63, 3.8) is 0 Å². The Bertz CT molecular complexity index is 1670. The van der Waals surface area contributed by atoms with Crippen LogP contribution in [0.4, 0.5) is 0 Å². The molecule has 5 aromatic rings. The molecule has 0 radical (unpaired) electrons. The quantitative estimate of drug-likeness (QED) is 0.179. The molecular formula is C34H32N4O6. The highest BCUT2D eigenvalue weighted by molar-refractivity contribution is 5.69. The molecule has 3 aromatic carbocycles. The number of aromatic nitrogens is 4. The van der Waals surface area contributed by atoms with Crippen LogP contribution in [-0.2, 0) is 19.8 Å². The second kappa shape index (κ2) is 12.8. The summed E-state index contributed by atoms with van der Waals surface area (Å²) >= 11 is 0. The third kappa shape index (κ3) is 5.38. The Balaban J connectivity index is 1.40. The number of ether oxygens (including phenoxy) is 5. The fourth-order valence-corrected chi connectivity index (χ4v) is 5.66. The molecule has 10 heteroatoms. The van der Waals surface area contributed by atoms with E-state index in [9.17, 15) is 5.11 Å². The largest absolute Gasteiger partial charge is 0.497 e. The van der Waals surface area contributed by atoms with E-state index in [-0.39, 0.29) is 13.2 Å². The summed E-state index contributed by atoms with van der Waals surface area (Å²) in [7, 11) is 3.26. The Labute approximate surface area is 255 Å². The molecule has 0 saturated carbocycles. The zero-order valence-corrected chi connectivity index (χ0v) is 24.3. The SMILES string of the molecule is C#CCO[C@@H]1[C@H](O)[C@@H](COC(c2ccccc2)(c2ccc(OC)cc2)c2ccc(OC)cc2)O[C@H]1n1cnc2cncnc21. The maximum atomic E-state index is 11.6. The van der Waals surface area contributed by atoms with Gasteiger partial charge in [-0.3, -0.25) is 4.57 Å². The summed E-state index contributed by atoms with van der Waals surface area (Å²) in [6, 6.07) is 25.4. The molecule has 1 N–H and O–H groups in total. The zero-order valence-electron chi connectivity index (χ0n) is 24.3. The second-order valence-electron chi connectivity index (χ2n) is 10.2. The first-order valence-corrected chi connectivity index (χ1v) is 14.1. The highest BCUT2D eigenvalue weighted by Crippen LogP contribution is 2.43. The van der Waals surface area contributed by atoms with Crippen molar-refractivity contribution >= 4 is 11.2 Å². The fourth-order valence-electron chi connectivity index (χ4n) is 5.66. The smallest absolute Gasteiger partial charge is 0.166 e. The molecule has 1 fully saturated rings. The van der Waals surface area contributed by atoms with Gasteiger partial charge < -0.3 is 28.8 Å². The van der Waals surface area contributed by atoms with Gasteiger partial charge >= 0.3 is 0 Å². The number of rotatable bonds is 11. The number of terminal acetylenes is 1. The summed E-state index contributed by atoms with van der Waals surface area (Å²) in [6.07, 6.45) is 6.71. The number of aliphatic hydroxyl groups excluding tert-OH is 1. The van der Waals surface area contributed by atoms with Crippen LogP contribution in [0.3, 0.4) is 0 Å². The molecule has 0 spiro atoms. The molecule has 224 valence electrons. The summed E-state index contributed by atoms with van der Waals surface area (Å²) in [5.41, 5.74) is 2.64. The molecule has 1 saturated heterocycles. The van der Waals surface area contributed by atoms with Crippen LogP contribution < -0.4 is 9.47 Å². The van der Waals surface area contributed by atoms with E-state index in [0.29, 0.717) is 22.7 Å². The van der Waals surface area contributed by atoms with Gasteiger partial charge in [-0.1, -0.05) is 60.5 Å². The summed E-state index contributed by atoms with van der Waals surface area (Å²) in [5.74, 6) is 3.91. The van der Waals surface area contributed by atoms with Gasteiger partial charge in [-0.05, 0) is 41.0 Å². The van der Waals surface area contributed by atoms with Crippen molar-refractivity contribution in [1.82, 2.24) is 19.5 Å². The van der Waals surface area contributed by atoms with Crippen LogP contribution in [0.1, 0.15) is 22.9 Å². The van der Waals surface area contributed by atoms with Gasteiger partial charge in [-0.25, -0.2) is 15.0 Å². The van der Waals surface area contributed by atoms with E-state index in [2.05, 4.69) is 20.9 Å². The molecular weight excluding hydrogens is 560 g/mol. The van der Waals surface area contributed by atoms with Gasteiger partial charge in [0.1, 0.15) is 53.9 Å². The van der Waals surface area contributed by atoms with Crippen LogP contribution in [0.5, 0.6) is 11.5 Å². The Hall–Kier alpha value is -4.79. The Morgan fingerprint density at radius 3 is 2.16 bits per heavy atom. The minimum Gasteiger partial charge on any atom is -0.497 e. The minimum atomic E-state index is -1.09. The maximum Gasteiger partial charge on any atom is 0.166 e. The van der Waals surface area contributed by atoms with Gasteiger partial charge in [-0.2, -0.15) is 0 Å². The van der Waals surface area contributed by atoms with Crippen LogP contribution in [0.2, 0.25) is 0 Å². The molecule has 6 rings (SSSR count). The normalized spacial score (nSPS) is 20.0. The molecule has 4 atom stereocenters. The Kier molecular flexibility index (Phi) is 8.54. The lowest BCUT2D eigenvalue weighted by atomic mass is 9.80. The average molecular weight is 593 g/mol. The van der Waals surface area contributed by atoms with Gasteiger partial charge in [-0.15, -0.1) is 6.42 Å². The van der Waals surface area contributed by atoms with E-state index >= 15 is 0 Å². The molecule has 10 nitrogen and oxygen atoms in total. The van der Waals surface area contributed by atoms with E-state index in [0.717, 1.165) is 16.7 Å². The van der Waals surface area contributed by atoms with E-state index in [4.69, 9.17) is 30.1 Å². The maximum absolute atomic E-state index is 11.6. The first-order chi connectivity index (χ1) is 21.6. The summed E-state index contributed by atoms with van der Waals surface area (Å²) < 4.78 is 32.0. The number of hydrogen-bond acceptors (Lipinski definition) is 9. The van der Waals surface area contributed by atoms with Crippen molar-refractivity contribution in [1.29, 1.82) is 0 Å². The van der Waals surface area contributed by atoms with Crippen LogP contribution in [0.25, 0.3) is 11.2 Å². The first kappa shape index (κ1) is 29.3. The molecule has 0 aliphatic carbocycles. The molecule has 3 heterocycles. The lowest BCUT2D eigenvalue weighted by Crippen LogP contribution is -2.40. The summed E-state index contributed by atoms with van der Waals surface area (Å²) in [4.78, 5) is 12.8. The molecule has 1 aliphatic rings. The molecule has 0 amide bonds. The highest BCUT2D eigenvalue weighted by atomic mass is 16.6. The summed E-state index contributed by atoms with van der Waals surface area (Å²) in [6.45, 7) is -0.00935. The van der Waals surface area contributed by atoms with E-state index in [1.54, 1.807) is 31.3 Å². The number of benzene rings is 3. The third-order valence-electron chi connectivity index (χ3n) is 7.82. The van der Waals surface area contributed by atoms with Gasteiger partial charge in [0.05, 0.1) is 33.4 Å². The number of imidazole rings is 1. The van der Waals surface area contributed by atoms with Crippen LogP contribution >= 0.6 is 0 Å². The molecule has 1 aliphatic heterocycles. The fraction of sp³-hybridized carbons (Fsp3) is 0.265. The number of fused-ring (bicyclic) bond motifs is 1. The van der Waals surface area contributed by atoms with Crippen molar-refractivity contribution < 1.29 is 28.8 Å². The van der Waals surface area contributed by atoms with Crippen molar-refractivity contribution in [3.05, 3.63) is 114 Å². The highest BCUT2D eigenvalue weighted by Gasteiger charge is 2.48. The first-order valence-electron chi connectivity index (χ1n) is 14.1. The standard InChI is InChI=1S/C34H32N4O6/c1-4-18-42-31-30(39)29(44-33(31)38-22-37-28-19-35-21-36-32(28)38)20-43-34(23-8-6-5-7-9-23,24-10-14-26(40-2)15-11-24)25-12-16-27(41-3)17-13-25/h1,5-17,19,21-22,29-31,33,39H,18,20H2,2-3H3/t29-,30-,31-,33-/m1/s1. The van der Waals surface area contributed by atoms with Crippen molar-refractivity contribution in [2.45, 2.75) is 30.1 Å². The predicted octanol–water partition coefficient (Wildman–Crippen LogP) is 4.13. The van der Waals surface area contributed by atoms with Crippen molar-refractivity contribution in [2.75, 3.05) is 27.4 Å². The van der Waals surface area contributed by atoms with Gasteiger partial charge in [0.15, 0.2) is 11.9 Å². The van der Waals surface area contributed by atoms with Crippen molar-refractivity contribution in [3.8, 4) is 23.8 Å². The Morgan fingerprint density at radius 2 is 1.55 bits per heavy atom. The average Bonchev–Trinajstić information content (AvgIpc) is 3.65. The lowest BCUT2D eigenvalue weighted by Gasteiger charge is -2.37.